The molecule has 0 spiro atoms. The van der Waals surface area contributed by atoms with E-state index in [1.807, 2.05) is 29.2 Å². The zero-order chi connectivity index (χ0) is 20.8. The molecule has 7 nitrogen and oxygen atoms in total. The third kappa shape index (κ3) is 3.10. The molecule has 1 saturated heterocycles. The van der Waals surface area contributed by atoms with E-state index in [0.29, 0.717) is 24.4 Å². The maximum Gasteiger partial charge on any atom is 0.269 e. The van der Waals surface area contributed by atoms with Crippen LogP contribution in [0.3, 0.4) is 0 Å². The zero-order valence-electron chi connectivity index (χ0n) is 16.3. The first-order chi connectivity index (χ1) is 14.5. The van der Waals surface area contributed by atoms with Gasteiger partial charge in [0.05, 0.1) is 17.1 Å². The van der Waals surface area contributed by atoms with Crippen LogP contribution in [0.5, 0.6) is 0 Å². The van der Waals surface area contributed by atoms with Crippen molar-refractivity contribution in [3.63, 3.8) is 0 Å². The molecule has 0 aliphatic carbocycles. The predicted octanol–water partition coefficient (Wildman–Crippen LogP) is 2.56. The molecular formula is C22H20FN5O2. The molecule has 0 bridgehead atoms. The highest BCUT2D eigenvalue weighted by Crippen LogP contribution is 2.36. The molecule has 0 saturated carbocycles. The van der Waals surface area contributed by atoms with Crippen LogP contribution >= 0.6 is 0 Å². The molecule has 0 radical (unpaired) electrons. The lowest BCUT2D eigenvalue weighted by atomic mass is 10.1. The normalized spacial score (nSPS) is 19.8. The van der Waals surface area contributed by atoms with Gasteiger partial charge in [0, 0.05) is 25.2 Å². The molecule has 2 aliphatic rings. The maximum absolute atomic E-state index is 13.2. The van der Waals surface area contributed by atoms with Crippen LogP contribution < -0.4 is 15.5 Å². The van der Waals surface area contributed by atoms with Gasteiger partial charge in [-0.15, -0.1) is 0 Å². The van der Waals surface area contributed by atoms with Crippen molar-refractivity contribution in [3.05, 3.63) is 66.1 Å². The molecular weight excluding hydrogens is 385 g/mol. The summed E-state index contributed by atoms with van der Waals surface area (Å²) < 4.78 is 14.7. The Morgan fingerprint density at radius 3 is 2.77 bits per heavy atom. The SMILES string of the molecule is Cn1nc(-c2ccc(F)cc2)cc1C(=O)NC1CC2C(=O)Nc3ccccc3N2C1. The van der Waals surface area contributed by atoms with Gasteiger partial charge in [0.25, 0.3) is 5.91 Å². The Kier molecular flexibility index (Phi) is 4.27. The molecule has 30 heavy (non-hydrogen) atoms. The highest BCUT2D eigenvalue weighted by atomic mass is 19.1. The van der Waals surface area contributed by atoms with Crippen molar-refractivity contribution in [2.24, 2.45) is 7.05 Å². The van der Waals surface area contributed by atoms with Gasteiger partial charge in [-0.1, -0.05) is 12.1 Å². The van der Waals surface area contributed by atoms with E-state index in [-0.39, 0.29) is 29.7 Å². The molecule has 2 amide bonds. The minimum absolute atomic E-state index is 0.0513. The minimum atomic E-state index is -0.323. The van der Waals surface area contributed by atoms with Crippen molar-refractivity contribution >= 4 is 23.2 Å². The molecule has 2 atom stereocenters. The molecule has 8 heteroatoms. The van der Waals surface area contributed by atoms with Crippen molar-refractivity contribution < 1.29 is 14.0 Å². The van der Waals surface area contributed by atoms with Crippen LogP contribution in [0.25, 0.3) is 11.3 Å². The summed E-state index contributed by atoms with van der Waals surface area (Å²) in [6.07, 6.45) is 0.536. The number of carbonyl (C=O) groups is 2. The third-order valence-electron chi connectivity index (χ3n) is 5.66. The summed E-state index contributed by atoms with van der Waals surface area (Å²) in [5.74, 6) is -0.627. The molecule has 152 valence electrons. The molecule has 3 aromatic rings. The fraction of sp³-hybridized carbons (Fsp3) is 0.227. The number of aryl methyl sites for hydroxylation is 1. The highest BCUT2D eigenvalue weighted by Gasteiger charge is 2.41. The van der Waals surface area contributed by atoms with Gasteiger partial charge in [0.1, 0.15) is 17.6 Å². The van der Waals surface area contributed by atoms with Crippen molar-refractivity contribution in [1.29, 1.82) is 0 Å². The number of halogens is 1. The number of anilines is 2. The molecule has 1 fully saturated rings. The molecule has 2 N–H and O–H groups in total. The molecule has 2 unspecified atom stereocenters. The Balaban J connectivity index is 1.33. The van der Waals surface area contributed by atoms with Gasteiger partial charge < -0.3 is 15.5 Å². The van der Waals surface area contributed by atoms with Crippen molar-refractivity contribution in [1.82, 2.24) is 15.1 Å². The second-order valence-corrected chi connectivity index (χ2v) is 7.63. The highest BCUT2D eigenvalue weighted by molar-refractivity contribution is 6.04. The first-order valence-electron chi connectivity index (χ1n) is 9.77. The maximum atomic E-state index is 13.2. The van der Waals surface area contributed by atoms with E-state index >= 15 is 0 Å². The number of nitrogens with one attached hydrogen (secondary N) is 2. The van der Waals surface area contributed by atoms with Gasteiger partial charge >= 0.3 is 0 Å². The number of hydrogen-bond acceptors (Lipinski definition) is 4. The standard InChI is InChI=1S/C22H20FN5O2/c1-27-19(11-17(26-27)13-6-8-14(23)9-7-13)21(29)24-15-10-20-22(30)25-16-4-2-3-5-18(16)28(20)12-15/h2-9,11,15,20H,10,12H2,1H3,(H,24,29)(H,25,30). The van der Waals surface area contributed by atoms with Crippen LogP contribution in [0.15, 0.2) is 54.6 Å². The topological polar surface area (TPSA) is 79.3 Å². The van der Waals surface area contributed by atoms with Crippen molar-refractivity contribution in [2.75, 3.05) is 16.8 Å². The number of amides is 2. The van der Waals surface area contributed by atoms with Crippen LogP contribution in [0, 0.1) is 5.82 Å². The molecule has 1 aromatic heterocycles. The first-order valence-corrected chi connectivity index (χ1v) is 9.77. The number of fused-ring (bicyclic) bond motifs is 3. The zero-order valence-corrected chi connectivity index (χ0v) is 16.3. The second-order valence-electron chi connectivity index (χ2n) is 7.63. The van der Waals surface area contributed by atoms with Gasteiger partial charge in [-0.05, 0) is 48.9 Å². The molecule has 3 heterocycles. The van der Waals surface area contributed by atoms with Gasteiger partial charge in [0.15, 0.2) is 0 Å². The molecule has 2 aliphatic heterocycles. The Bertz CT molecular complexity index is 1140. The summed E-state index contributed by atoms with van der Waals surface area (Å²) >= 11 is 0. The van der Waals surface area contributed by atoms with Gasteiger partial charge in [-0.25, -0.2) is 4.39 Å². The van der Waals surface area contributed by atoms with Crippen LogP contribution in [-0.4, -0.2) is 40.2 Å². The van der Waals surface area contributed by atoms with E-state index in [1.165, 1.54) is 16.8 Å². The van der Waals surface area contributed by atoms with E-state index in [4.69, 9.17) is 0 Å². The smallest absolute Gasteiger partial charge is 0.269 e. The second kappa shape index (κ2) is 6.98. The number of nitrogens with zero attached hydrogens (tertiary/aromatic N) is 3. The van der Waals surface area contributed by atoms with Gasteiger partial charge in [0.2, 0.25) is 5.91 Å². The van der Waals surface area contributed by atoms with Crippen LogP contribution in [0.2, 0.25) is 0 Å². The number of carbonyl (C=O) groups excluding carboxylic acids is 2. The monoisotopic (exact) mass is 405 g/mol. The number of rotatable bonds is 3. The summed E-state index contributed by atoms with van der Waals surface area (Å²) in [6, 6.07) is 14.9. The lowest BCUT2D eigenvalue weighted by molar-refractivity contribution is -0.117. The van der Waals surface area contributed by atoms with Gasteiger partial charge in [-0.3, -0.25) is 14.3 Å². The number of hydrogen-bond donors (Lipinski definition) is 2. The average molecular weight is 405 g/mol. The van der Waals surface area contributed by atoms with Gasteiger partial charge in [-0.2, -0.15) is 5.10 Å². The molecule has 5 rings (SSSR count). The Morgan fingerprint density at radius 1 is 1.20 bits per heavy atom. The Hall–Kier alpha value is -3.68. The summed E-state index contributed by atoms with van der Waals surface area (Å²) in [4.78, 5) is 27.4. The number of aromatic nitrogens is 2. The minimum Gasteiger partial charge on any atom is -0.356 e. The quantitative estimate of drug-likeness (QED) is 0.702. The fourth-order valence-corrected chi connectivity index (χ4v) is 4.20. The summed E-state index contributed by atoms with van der Waals surface area (Å²) in [7, 11) is 1.70. The van der Waals surface area contributed by atoms with Crippen LogP contribution in [0.1, 0.15) is 16.9 Å². The number of para-hydroxylation sites is 2. The van der Waals surface area contributed by atoms with E-state index in [1.54, 1.807) is 25.2 Å². The van der Waals surface area contributed by atoms with E-state index < -0.39 is 0 Å². The lowest BCUT2D eigenvalue weighted by Gasteiger charge is -2.32. The van der Waals surface area contributed by atoms with E-state index in [2.05, 4.69) is 15.7 Å². The van der Waals surface area contributed by atoms with Crippen molar-refractivity contribution in [3.8, 4) is 11.3 Å². The molecule has 2 aromatic carbocycles. The fourth-order valence-electron chi connectivity index (χ4n) is 4.20. The first kappa shape index (κ1) is 18.4. The predicted molar refractivity (Wildman–Crippen MR) is 111 cm³/mol. The third-order valence-corrected chi connectivity index (χ3v) is 5.66. The van der Waals surface area contributed by atoms with E-state index in [0.717, 1.165) is 16.9 Å². The summed E-state index contributed by atoms with van der Waals surface area (Å²) in [6.45, 7) is 0.559. The largest absolute Gasteiger partial charge is 0.356 e. The Labute approximate surface area is 172 Å². The van der Waals surface area contributed by atoms with Crippen LogP contribution in [-0.2, 0) is 11.8 Å². The van der Waals surface area contributed by atoms with Crippen molar-refractivity contribution in [2.45, 2.75) is 18.5 Å². The lowest BCUT2D eigenvalue weighted by Crippen LogP contribution is -2.44. The summed E-state index contributed by atoms with van der Waals surface area (Å²) in [5, 5.41) is 10.4. The summed E-state index contributed by atoms with van der Waals surface area (Å²) in [5.41, 5.74) is 3.50. The Morgan fingerprint density at radius 2 is 1.97 bits per heavy atom. The van der Waals surface area contributed by atoms with Crippen LogP contribution in [0.4, 0.5) is 15.8 Å². The van der Waals surface area contributed by atoms with E-state index in [9.17, 15) is 14.0 Å². The number of benzene rings is 2. The average Bonchev–Trinajstić information content (AvgIpc) is 3.33.